The summed E-state index contributed by atoms with van der Waals surface area (Å²) in [5.74, 6) is 0.754. The zero-order chi connectivity index (χ0) is 14.9. The molecule has 1 N–H and O–H groups in total. The average molecular weight is 351 g/mol. The van der Waals surface area contributed by atoms with E-state index in [1.807, 2.05) is 48.5 Å². The van der Waals surface area contributed by atoms with Crippen molar-refractivity contribution in [2.75, 3.05) is 0 Å². The van der Waals surface area contributed by atoms with E-state index in [9.17, 15) is 5.02 Å². The Balaban J connectivity index is 1.92. The minimum atomic E-state index is -0.885. The van der Waals surface area contributed by atoms with Crippen LogP contribution < -0.4 is 8.99 Å². The Kier molecular flexibility index (Phi) is 3.51. The Labute approximate surface area is 134 Å². The number of rotatable bonds is 3. The number of hydrogen-bond acceptors (Lipinski definition) is 2. The van der Waals surface area contributed by atoms with Gasteiger partial charge >= 0.3 is 135 Å². The minimum absolute atomic E-state index is 0.180. The van der Waals surface area contributed by atoms with Crippen LogP contribution in [-0.2, 0) is 0 Å². The van der Waals surface area contributed by atoms with Gasteiger partial charge in [0.1, 0.15) is 0 Å². The second-order valence-electron chi connectivity index (χ2n) is 5.13. The van der Waals surface area contributed by atoms with E-state index in [0.717, 1.165) is 31.6 Å². The van der Waals surface area contributed by atoms with Crippen LogP contribution in [0, 0.1) is 0 Å². The molecule has 0 bridgehead atoms. The van der Waals surface area contributed by atoms with E-state index in [1.54, 1.807) is 0 Å². The summed E-state index contributed by atoms with van der Waals surface area (Å²) in [6.45, 7) is 0. The molecule has 0 unspecified atom stereocenters. The summed E-state index contributed by atoms with van der Waals surface area (Å²) in [6, 6.07) is 22.3. The fraction of sp³-hybridized carbons (Fsp3) is 0. The predicted octanol–water partition coefficient (Wildman–Crippen LogP) is 2.82. The molecule has 106 valence electrons. The number of hydrogen-bond donors (Lipinski definition) is 1. The molecule has 1 aromatic heterocycles. The van der Waals surface area contributed by atoms with Crippen LogP contribution >= 0.6 is 0 Å². The molecule has 2 nitrogen and oxygen atoms in total. The van der Waals surface area contributed by atoms with Crippen molar-refractivity contribution in [2.45, 2.75) is 0 Å². The summed E-state index contributed by atoms with van der Waals surface area (Å²) in [7, 11) is -0.885. The Bertz CT molecular complexity index is 880. The van der Waals surface area contributed by atoms with Crippen LogP contribution in [0.15, 0.2) is 71.7 Å². The molecule has 0 saturated heterocycles. The first-order valence-corrected chi connectivity index (χ1v) is 8.96. The van der Waals surface area contributed by atoms with Gasteiger partial charge in [-0.25, -0.2) is 0 Å². The molecular formula is C18H13BO2Se. The Morgan fingerprint density at radius 1 is 0.818 bits per heavy atom. The topological polar surface area (TPSA) is 29.5 Å². The van der Waals surface area contributed by atoms with Crippen molar-refractivity contribution in [2.24, 2.45) is 0 Å². The summed E-state index contributed by atoms with van der Waals surface area (Å²) in [6.07, 6.45) is 0. The summed E-state index contributed by atoms with van der Waals surface area (Å²) in [5, 5.41) is 14.7. The Morgan fingerprint density at radius 2 is 1.45 bits per heavy atom. The first-order chi connectivity index (χ1) is 10.8. The molecule has 0 spiro atoms. The van der Waals surface area contributed by atoms with Crippen molar-refractivity contribution in [3.8, 4) is 5.75 Å². The van der Waals surface area contributed by atoms with Gasteiger partial charge in [0, 0.05) is 0 Å². The van der Waals surface area contributed by atoms with Crippen LogP contribution in [-0.4, -0.2) is 26.6 Å². The third-order valence-corrected chi connectivity index (χ3v) is 5.63. The van der Waals surface area contributed by atoms with Gasteiger partial charge < -0.3 is 0 Å². The second-order valence-corrected chi connectivity index (χ2v) is 7.19. The zero-order valence-electron chi connectivity index (χ0n) is 11.8. The average Bonchev–Trinajstić information content (AvgIpc) is 3.09. The number of benzene rings is 3. The molecule has 3 aromatic carbocycles. The van der Waals surface area contributed by atoms with Gasteiger partial charge in [-0.2, -0.15) is 0 Å². The van der Waals surface area contributed by atoms with E-state index in [1.165, 1.54) is 0 Å². The van der Waals surface area contributed by atoms with Crippen molar-refractivity contribution < 1.29 is 9.68 Å². The first-order valence-electron chi connectivity index (χ1n) is 7.11. The summed E-state index contributed by atoms with van der Waals surface area (Å²) < 4.78 is 6.94. The molecule has 0 aliphatic rings. The molecule has 0 saturated carbocycles. The van der Waals surface area contributed by atoms with E-state index >= 15 is 0 Å². The molecule has 0 fully saturated rings. The maximum absolute atomic E-state index is 10.4. The van der Waals surface area contributed by atoms with E-state index in [0.29, 0.717) is 0 Å². The van der Waals surface area contributed by atoms with Crippen LogP contribution in [0.4, 0.5) is 0 Å². The predicted molar refractivity (Wildman–Crippen MR) is 93.1 cm³/mol. The molecule has 0 atom stereocenters. The van der Waals surface area contributed by atoms with Gasteiger partial charge in [0.25, 0.3) is 0 Å². The third-order valence-electron chi connectivity index (χ3n) is 3.74. The summed E-state index contributed by atoms with van der Waals surface area (Å²) in [5.41, 5.74) is 0. The molecule has 0 radical (unpaired) electrons. The van der Waals surface area contributed by atoms with E-state index < -0.39 is 7.12 Å². The van der Waals surface area contributed by atoms with Crippen LogP contribution in [0.1, 0.15) is 0 Å². The van der Waals surface area contributed by atoms with Crippen molar-refractivity contribution in [1.29, 1.82) is 0 Å². The van der Waals surface area contributed by atoms with Crippen molar-refractivity contribution in [1.82, 2.24) is 0 Å². The standard InChI is InChI=1S/C18H13BO2Se/c20-19(17-10-5-11-22-17)21-18-15-8-3-1-6-13(15)12-14-7-2-4-9-16(14)18/h1-12,20H. The van der Waals surface area contributed by atoms with Crippen LogP contribution in [0.2, 0.25) is 0 Å². The molecule has 4 aromatic rings. The molecule has 0 aliphatic carbocycles. The fourth-order valence-corrected chi connectivity index (χ4v) is 4.03. The second kappa shape index (κ2) is 5.66. The van der Waals surface area contributed by atoms with Gasteiger partial charge in [0.05, 0.1) is 0 Å². The normalized spacial score (nSPS) is 11.0. The monoisotopic (exact) mass is 352 g/mol. The molecule has 0 amide bonds. The van der Waals surface area contributed by atoms with Crippen molar-refractivity contribution >= 4 is 47.5 Å². The maximum atomic E-state index is 10.4. The van der Waals surface area contributed by atoms with Crippen LogP contribution in [0.5, 0.6) is 5.75 Å². The molecule has 4 heteroatoms. The molecule has 1 heterocycles. The Morgan fingerprint density at radius 3 is 2.05 bits per heavy atom. The quantitative estimate of drug-likeness (QED) is 0.454. The first kappa shape index (κ1) is 13.7. The van der Waals surface area contributed by atoms with Gasteiger partial charge in [0.15, 0.2) is 0 Å². The molecular weight excluding hydrogens is 338 g/mol. The van der Waals surface area contributed by atoms with Crippen LogP contribution in [0.25, 0.3) is 21.5 Å². The van der Waals surface area contributed by atoms with Gasteiger partial charge in [-0.1, -0.05) is 0 Å². The van der Waals surface area contributed by atoms with E-state index in [-0.39, 0.29) is 14.5 Å². The van der Waals surface area contributed by atoms with E-state index in [2.05, 4.69) is 23.1 Å². The van der Waals surface area contributed by atoms with Gasteiger partial charge in [-0.3, -0.25) is 0 Å². The van der Waals surface area contributed by atoms with Gasteiger partial charge in [-0.15, -0.1) is 0 Å². The van der Waals surface area contributed by atoms with Crippen LogP contribution in [0.3, 0.4) is 0 Å². The van der Waals surface area contributed by atoms with E-state index in [4.69, 9.17) is 4.65 Å². The summed E-state index contributed by atoms with van der Waals surface area (Å²) >= 11 is 0.180. The summed E-state index contributed by atoms with van der Waals surface area (Å²) in [4.78, 5) is 2.08. The molecule has 22 heavy (non-hydrogen) atoms. The van der Waals surface area contributed by atoms with Crippen molar-refractivity contribution in [3.05, 3.63) is 71.7 Å². The van der Waals surface area contributed by atoms with Gasteiger partial charge in [-0.05, 0) is 0 Å². The number of fused-ring (bicyclic) bond motifs is 2. The SMILES string of the molecule is OB(Oc1c2ccccc2cc2ccccc12)c1ccc[se]1. The molecule has 0 aliphatic heterocycles. The molecule has 4 rings (SSSR count). The van der Waals surface area contributed by atoms with Gasteiger partial charge in [0.2, 0.25) is 0 Å². The van der Waals surface area contributed by atoms with Crippen molar-refractivity contribution in [3.63, 3.8) is 0 Å². The fourth-order valence-electron chi connectivity index (χ4n) is 2.70. The third kappa shape index (κ3) is 2.36. The Hall–Kier alpha value is -2.00. The zero-order valence-corrected chi connectivity index (χ0v) is 13.5.